The summed E-state index contributed by atoms with van der Waals surface area (Å²) in [6, 6.07) is 81.7. The fourth-order valence-electron chi connectivity index (χ4n) is 12.2. The molecule has 0 saturated carbocycles. The van der Waals surface area contributed by atoms with Crippen LogP contribution in [-0.2, 0) is 5.41 Å². The van der Waals surface area contributed by atoms with Gasteiger partial charge in [-0.15, -0.1) is 0 Å². The van der Waals surface area contributed by atoms with E-state index in [9.17, 15) is 0 Å². The van der Waals surface area contributed by atoms with Crippen molar-refractivity contribution in [1.82, 2.24) is 4.57 Å². The van der Waals surface area contributed by atoms with Crippen LogP contribution in [0.25, 0.3) is 71.3 Å². The molecule has 3 aliphatic rings. The van der Waals surface area contributed by atoms with Gasteiger partial charge in [-0.3, -0.25) is 0 Å². The summed E-state index contributed by atoms with van der Waals surface area (Å²) < 4.78 is 2.42. The van der Waals surface area contributed by atoms with Crippen LogP contribution in [0.5, 0.6) is 0 Å². The first-order valence-electron chi connectivity index (χ1n) is 22.9. The minimum absolute atomic E-state index is 0.215. The van der Waals surface area contributed by atoms with Gasteiger partial charge in [0, 0.05) is 39.4 Å². The second kappa shape index (κ2) is 13.9. The van der Waals surface area contributed by atoms with Gasteiger partial charge < -0.3 is 9.47 Å². The van der Waals surface area contributed by atoms with Crippen molar-refractivity contribution in [3.05, 3.63) is 264 Å². The summed E-state index contributed by atoms with van der Waals surface area (Å²) in [5.74, 6) is 0.215. The topological polar surface area (TPSA) is 8.17 Å². The van der Waals surface area contributed by atoms with Crippen molar-refractivity contribution in [3.8, 4) is 27.9 Å². The first-order chi connectivity index (χ1) is 32.3. The van der Waals surface area contributed by atoms with E-state index in [4.69, 9.17) is 0 Å². The predicted molar refractivity (Wildman–Crippen MR) is 272 cm³/mol. The summed E-state index contributed by atoms with van der Waals surface area (Å²) in [5, 5.41) is 7.82. The third-order valence-electron chi connectivity index (χ3n) is 14.7. The molecule has 0 saturated heterocycles. The first-order valence-corrected chi connectivity index (χ1v) is 22.9. The second-order valence-corrected chi connectivity index (χ2v) is 17.9. The van der Waals surface area contributed by atoms with Crippen molar-refractivity contribution in [2.45, 2.75) is 17.8 Å². The zero-order valence-electron chi connectivity index (χ0n) is 35.7. The van der Waals surface area contributed by atoms with Crippen LogP contribution in [0.1, 0.15) is 34.6 Å². The molecule has 65 heavy (non-hydrogen) atoms. The number of hydrogen-bond acceptors (Lipinski definition) is 1. The molecule has 1 aromatic heterocycles. The Morgan fingerprint density at radius 1 is 0.446 bits per heavy atom. The molecule has 1 heterocycles. The minimum atomic E-state index is -0.567. The first kappa shape index (κ1) is 36.3. The van der Waals surface area contributed by atoms with Gasteiger partial charge in [0.2, 0.25) is 0 Å². The van der Waals surface area contributed by atoms with E-state index in [1.54, 1.807) is 0 Å². The Labute approximate surface area is 378 Å². The third-order valence-corrected chi connectivity index (χ3v) is 14.7. The minimum Gasteiger partial charge on any atom is -0.310 e. The Morgan fingerprint density at radius 2 is 1.11 bits per heavy atom. The van der Waals surface area contributed by atoms with Crippen molar-refractivity contribution < 1.29 is 0 Å². The Bertz CT molecular complexity index is 3800. The number of anilines is 3. The average Bonchev–Trinajstić information content (AvgIpc) is 3.71. The molecular weight excluding hydrogens is 785 g/mol. The van der Waals surface area contributed by atoms with E-state index >= 15 is 0 Å². The molecular formula is C63H42N2. The van der Waals surface area contributed by atoms with Gasteiger partial charge in [-0.2, -0.15) is 0 Å². The maximum Gasteiger partial charge on any atom is 0.0689 e. The van der Waals surface area contributed by atoms with Crippen LogP contribution in [0, 0.1) is 0 Å². The van der Waals surface area contributed by atoms with Crippen LogP contribution in [0.15, 0.2) is 242 Å². The fraction of sp³-hybridized carbons (Fsp3) is 0.0476. The number of allylic oxidation sites excluding steroid dienone is 4. The number of benzene rings is 10. The molecule has 0 aliphatic heterocycles. The molecule has 2 heteroatoms. The van der Waals surface area contributed by atoms with Gasteiger partial charge in [-0.25, -0.2) is 0 Å². The molecule has 0 N–H and O–H groups in total. The number of fused-ring (bicyclic) bond motifs is 11. The molecule has 14 rings (SSSR count). The molecule has 2 unspecified atom stereocenters. The summed E-state index contributed by atoms with van der Waals surface area (Å²) >= 11 is 0. The number of aromatic nitrogens is 1. The lowest BCUT2D eigenvalue weighted by molar-refractivity contribution is 0.618. The van der Waals surface area contributed by atoms with E-state index in [1.807, 2.05) is 0 Å². The zero-order valence-corrected chi connectivity index (χ0v) is 35.7. The fourth-order valence-corrected chi connectivity index (χ4v) is 12.2. The Kier molecular flexibility index (Phi) is 7.76. The van der Waals surface area contributed by atoms with Crippen LogP contribution >= 0.6 is 0 Å². The maximum atomic E-state index is 2.55. The lowest BCUT2D eigenvalue weighted by Gasteiger charge is -2.50. The van der Waals surface area contributed by atoms with E-state index < -0.39 is 5.41 Å². The Morgan fingerprint density at radius 3 is 1.95 bits per heavy atom. The van der Waals surface area contributed by atoms with Crippen molar-refractivity contribution in [1.29, 1.82) is 0 Å². The highest BCUT2D eigenvalue weighted by atomic mass is 15.1. The van der Waals surface area contributed by atoms with Crippen LogP contribution in [0.3, 0.4) is 0 Å². The molecule has 304 valence electrons. The van der Waals surface area contributed by atoms with E-state index in [2.05, 4.69) is 246 Å². The number of hydrogen-bond donors (Lipinski definition) is 0. The van der Waals surface area contributed by atoms with Gasteiger partial charge >= 0.3 is 0 Å². The van der Waals surface area contributed by atoms with Gasteiger partial charge in [0.15, 0.2) is 0 Å². The smallest absolute Gasteiger partial charge is 0.0689 e. The third kappa shape index (κ3) is 5.05. The van der Waals surface area contributed by atoms with Crippen LogP contribution in [-0.4, -0.2) is 4.57 Å². The van der Waals surface area contributed by atoms with Crippen molar-refractivity contribution >= 4 is 60.4 Å². The molecule has 0 bridgehead atoms. The second-order valence-electron chi connectivity index (χ2n) is 17.9. The lowest BCUT2D eigenvalue weighted by atomic mass is 9.52. The van der Waals surface area contributed by atoms with Crippen LogP contribution < -0.4 is 4.90 Å². The van der Waals surface area contributed by atoms with Gasteiger partial charge in [0.05, 0.1) is 16.4 Å². The number of rotatable bonds is 5. The molecule has 1 spiro atoms. The van der Waals surface area contributed by atoms with Crippen molar-refractivity contribution in [2.75, 3.05) is 4.90 Å². The van der Waals surface area contributed by atoms with E-state index in [0.717, 1.165) is 29.2 Å². The van der Waals surface area contributed by atoms with E-state index in [1.165, 1.54) is 93.4 Å². The molecule has 0 fully saturated rings. The van der Waals surface area contributed by atoms with Gasteiger partial charge in [-0.05, 0) is 133 Å². The molecule has 2 atom stereocenters. The normalized spacial score (nSPS) is 16.8. The van der Waals surface area contributed by atoms with E-state index in [0.29, 0.717) is 0 Å². The Balaban J connectivity index is 1.09. The lowest BCUT2D eigenvalue weighted by Crippen LogP contribution is -2.40. The number of nitrogens with zero attached hydrogens (tertiary/aromatic N) is 2. The molecule has 10 aromatic carbocycles. The average molecular weight is 827 g/mol. The monoisotopic (exact) mass is 826 g/mol. The number of para-hydroxylation sites is 3. The van der Waals surface area contributed by atoms with Crippen LogP contribution in [0.2, 0.25) is 0 Å². The highest BCUT2D eigenvalue weighted by Crippen LogP contribution is 2.64. The van der Waals surface area contributed by atoms with Crippen LogP contribution in [0.4, 0.5) is 17.1 Å². The van der Waals surface area contributed by atoms with Gasteiger partial charge in [-0.1, -0.05) is 182 Å². The quantitative estimate of drug-likeness (QED) is 0.168. The molecule has 11 aromatic rings. The molecule has 0 amide bonds. The Hall–Kier alpha value is -8.20. The summed E-state index contributed by atoms with van der Waals surface area (Å²) in [4.78, 5) is 2.47. The summed E-state index contributed by atoms with van der Waals surface area (Å²) in [6.07, 6.45) is 8.12. The summed E-state index contributed by atoms with van der Waals surface area (Å²) in [7, 11) is 0. The summed E-state index contributed by atoms with van der Waals surface area (Å²) in [6.45, 7) is 0. The molecule has 0 radical (unpaired) electrons. The van der Waals surface area contributed by atoms with Crippen molar-refractivity contribution in [3.63, 3.8) is 0 Å². The van der Waals surface area contributed by atoms with Crippen molar-refractivity contribution in [2.24, 2.45) is 0 Å². The zero-order chi connectivity index (χ0) is 42.6. The molecule has 3 aliphatic carbocycles. The maximum absolute atomic E-state index is 2.55. The van der Waals surface area contributed by atoms with Gasteiger partial charge in [0.25, 0.3) is 0 Å². The predicted octanol–water partition coefficient (Wildman–Crippen LogP) is 16.5. The largest absolute Gasteiger partial charge is 0.310 e. The SMILES string of the molecule is C1=CCC2C(=C1)C1(c3cc(N(c4ccccc4)c4ccc5c6ccccc6n(-c6ccccc6)c5c4)ccc3-c3cccc4cccc1c34)c1cccc3c(-c4ccccc4)ccc2c13. The van der Waals surface area contributed by atoms with E-state index in [-0.39, 0.29) is 5.92 Å². The summed E-state index contributed by atoms with van der Waals surface area (Å²) in [5.41, 5.74) is 18.4. The highest BCUT2D eigenvalue weighted by Gasteiger charge is 2.51. The highest BCUT2D eigenvalue weighted by molar-refractivity contribution is 6.12. The van der Waals surface area contributed by atoms with Gasteiger partial charge in [0.1, 0.15) is 0 Å². The molecule has 2 nitrogen and oxygen atoms in total. The standard InChI is InChI=1S/C63H42N2/c1-4-17-41(18-5-1)47-37-38-54-48-25-10-12-29-55(48)63(57-31-16-28-52(47)62(54)57)56-30-15-20-42-19-14-27-53(61(42)56)49-35-33-45(39-58(49)63)64(43-21-6-2-7-22-43)46-34-36-51-50-26-11-13-32-59(50)65(60(51)40-46)44-23-8-3-9-24-44/h1-24,26-40,48H,25H2.